The van der Waals surface area contributed by atoms with Crippen LogP contribution in [0.5, 0.6) is 0 Å². The summed E-state index contributed by atoms with van der Waals surface area (Å²) >= 11 is 0. The monoisotopic (exact) mass is 142 g/mol. The van der Waals surface area contributed by atoms with Crippen molar-refractivity contribution in [1.82, 2.24) is 16.0 Å². The lowest BCUT2D eigenvalue weighted by molar-refractivity contribution is 0.367. The lowest BCUT2D eigenvalue weighted by Crippen LogP contribution is -2.56. The molecule has 0 bridgehead atoms. The van der Waals surface area contributed by atoms with Gasteiger partial charge in [-0.25, -0.2) is 0 Å². The molecule has 4 heteroatoms. The van der Waals surface area contributed by atoms with E-state index in [1.54, 1.807) is 6.34 Å². The predicted octanol–water partition coefficient (Wildman–Crippen LogP) is -0.553. The molecule has 3 N–H and O–H groups in total. The van der Waals surface area contributed by atoms with Crippen LogP contribution in [-0.2, 0) is 0 Å². The van der Waals surface area contributed by atoms with Gasteiger partial charge in [0.05, 0.1) is 13.0 Å². The normalized spacial score (nSPS) is 24.9. The summed E-state index contributed by atoms with van der Waals surface area (Å²) in [5.74, 6) is 0. The Morgan fingerprint density at radius 2 is 2.50 bits per heavy atom. The molecule has 0 amide bonds. The van der Waals surface area contributed by atoms with Crippen LogP contribution in [0.15, 0.2) is 4.99 Å². The highest BCUT2D eigenvalue weighted by Crippen LogP contribution is 1.81. The highest BCUT2D eigenvalue weighted by molar-refractivity contribution is 5.55. The molecule has 0 fully saturated rings. The fourth-order valence-electron chi connectivity index (χ4n) is 0.816. The van der Waals surface area contributed by atoms with Gasteiger partial charge in [0.15, 0.2) is 0 Å². The first kappa shape index (κ1) is 7.50. The summed E-state index contributed by atoms with van der Waals surface area (Å²) in [6.45, 7) is 4.90. The van der Waals surface area contributed by atoms with Gasteiger partial charge in [0, 0.05) is 6.04 Å². The summed E-state index contributed by atoms with van der Waals surface area (Å²) in [6.07, 6.45) is 1.90. The lowest BCUT2D eigenvalue weighted by atomic mass is 10.4. The number of hydrogen-bond donors (Lipinski definition) is 3. The Morgan fingerprint density at radius 3 is 3.00 bits per heavy atom. The molecule has 1 aliphatic heterocycles. The van der Waals surface area contributed by atoms with Gasteiger partial charge in [0.1, 0.15) is 6.29 Å². The summed E-state index contributed by atoms with van der Waals surface area (Å²) in [5, 5.41) is 9.43. The fraction of sp³-hybridized carbons (Fsp3) is 0.833. The third kappa shape index (κ3) is 2.33. The number of aliphatic imine (C=N–C) groups is 1. The Bertz CT molecular complexity index is 121. The largest absolute Gasteiger partial charge is 0.349 e. The van der Waals surface area contributed by atoms with E-state index in [0.717, 1.165) is 0 Å². The van der Waals surface area contributed by atoms with Gasteiger partial charge in [-0.3, -0.25) is 15.6 Å². The maximum absolute atomic E-state index is 3.95. The maximum Gasteiger partial charge on any atom is 0.134 e. The lowest BCUT2D eigenvalue weighted by Gasteiger charge is -2.24. The molecule has 0 radical (unpaired) electrons. The van der Waals surface area contributed by atoms with Gasteiger partial charge in [0.2, 0.25) is 0 Å². The zero-order chi connectivity index (χ0) is 7.40. The van der Waals surface area contributed by atoms with Gasteiger partial charge < -0.3 is 5.32 Å². The topological polar surface area (TPSA) is 48.5 Å². The Labute approximate surface area is 61.1 Å². The van der Waals surface area contributed by atoms with E-state index < -0.39 is 0 Å². The summed E-state index contributed by atoms with van der Waals surface area (Å²) in [7, 11) is 0. The van der Waals surface area contributed by atoms with E-state index in [1.807, 2.05) is 0 Å². The Balaban J connectivity index is 2.22. The predicted molar refractivity (Wildman–Crippen MR) is 41.7 cm³/mol. The Hall–Kier alpha value is -0.610. The van der Waals surface area contributed by atoms with Crippen molar-refractivity contribution in [3.8, 4) is 0 Å². The summed E-state index contributed by atoms with van der Waals surface area (Å²) in [4.78, 5) is 3.95. The van der Waals surface area contributed by atoms with Gasteiger partial charge >= 0.3 is 0 Å². The van der Waals surface area contributed by atoms with Crippen molar-refractivity contribution in [3.63, 3.8) is 0 Å². The van der Waals surface area contributed by atoms with Crippen molar-refractivity contribution < 1.29 is 0 Å². The minimum absolute atomic E-state index is 0.178. The van der Waals surface area contributed by atoms with Crippen LogP contribution in [0.3, 0.4) is 0 Å². The minimum Gasteiger partial charge on any atom is -0.349 e. The van der Waals surface area contributed by atoms with Crippen molar-refractivity contribution in [1.29, 1.82) is 0 Å². The van der Waals surface area contributed by atoms with Crippen LogP contribution >= 0.6 is 0 Å². The molecule has 4 nitrogen and oxygen atoms in total. The molecule has 58 valence electrons. The van der Waals surface area contributed by atoms with E-state index in [4.69, 9.17) is 0 Å². The van der Waals surface area contributed by atoms with Crippen molar-refractivity contribution >= 4 is 6.34 Å². The molecule has 0 aromatic carbocycles. The van der Waals surface area contributed by atoms with E-state index in [0.29, 0.717) is 12.7 Å². The van der Waals surface area contributed by atoms with Crippen LogP contribution in [0.4, 0.5) is 0 Å². The number of nitrogens with zero attached hydrogens (tertiary/aromatic N) is 1. The molecule has 0 saturated carbocycles. The summed E-state index contributed by atoms with van der Waals surface area (Å²) < 4.78 is 0. The molecule has 10 heavy (non-hydrogen) atoms. The molecule has 1 aliphatic rings. The number of nitrogens with one attached hydrogen (secondary N) is 3. The van der Waals surface area contributed by atoms with Crippen molar-refractivity contribution in [2.24, 2.45) is 4.99 Å². The zero-order valence-corrected chi connectivity index (χ0v) is 6.39. The van der Waals surface area contributed by atoms with Crippen LogP contribution in [0.25, 0.3) is 0 Å². The first-order valence-corrected chi connectivity index (χ1v) is 3.53. The van der Waals surface area contributed by atoms with Crippen LogP contribution in [0.1, 0.15) is 13.8 Å². The van der Waals surface area contributed by atoms with E-state index in [-0.39, 0.29) is 6.29 Å². The Kier molecular flexibility index (Phi) is 2.65. The number of rotatable bonds is 2. The second kappa shape index (κ2) is 3.53. The SMILES string of the molecule is CC(C)NC1NC=NCN1. The second-order valence-electron chi connectivity index (χ2n) is 2.59. The molecular weight excluding hydrogens is 128 g/mol. The molecule has 1 rings (SSSR count). The molecule has 0 aliphatic carbocycles. The van der Waals surface area contributed by atoms with Crippen LogP contribution in [0.2, 0.25) is 0 Å². The second-order valence-corrected chi connectivity index (χ2v) is 2.59. The average molecular weight is 142 g/mol. The molecule has 0 aromatic rings. The van der Waals surface area contributed by atoms with E-state index in [2.05, 4.69) is 34.8 Å². The highest BCUT2D eigenvalue weighted by Gasteiger charge is 2.07. The molecule has 1 heterocycles. The van der Waals surface area contributed by atoms with E-state index in [1.165, 1.54) is 0 Å². The maximum atomic E-state index is 3.95. The van der Waals surface area contributed by atoms with Crippen molar-refractivity contribution in [3.05, 3.63) is 0 Å². The molecule has 0 spiro atoms. The quantitative estimate of drug-likeness (QED) is 0.484. The molecule has 0 aromatic heterocycles. The third-order valence-electron chi connectivity index (χ3n) is 1.22. The Morgan fingerprint density at radius 1 is 1.70 bits per heavy atom. The van der Waals surface area contributed by atoms with E-state index >= 15 is 0 Å². The van der Waals surface area contributed by atoms with Crippen molar-refractivity contribution in [2.75, 3.05) is 6.67 Å². The average Bonchev–Trinajstić information content (AvgIpc) is 1.88. The highest BCUT2D eigenvalue weighted by atomic mass is 15.3. The van der Waals surface area contributed by atoms with Crippen molar-refractivity contribution in [2.45, 2.75) is 26.2 Å². The van der Waals surface area contributed by atoms with Crippen LogP contribution in [0, 0.1) is 0 Å². The summed E-state index contributed by atoms with van der Waals surface area (Å²) in [6, 6.07) is 0.483. The first-order valence-electron chi connectivity index (χ1n) is 3.53. The molecule has 0 saturated heterocycles. The molecular formula is C6H14N4. The van der Waals surface area contributed by atoms with Crippen LogP contribution in [-0.4, -0.2) is 25.3 Å². The first-order chi connectivity index (χ1) is 4.79. The minimum atomic E-state index is 0.178. The smallest absolute Gasteiger partial charge is 0.134 e. The molecule has 1 unspecified atom stereocenters. The van der Waals surface area contributed by atoms with Gasteiger partial charge in [-0.15, -0.1) is 0 Å². The van der Waals surface area contributed by atoms with Gasteiger partial charge in [-0.1, -0.05) is 0 Å². The van der Waals surface area contributed by atoms with Gasteiger partial charge in [0.25, 0.3) is 0 Å². The zero-order valence-electron chi connectivity index (χ0n) is 6.39. The van der Waals surface area contributed by atoms with Gasteiger partial charge in [-0.05, 0) is 13.8 Å². The molecule has 1 atom stereocenters. The number of hydrogen-bond acceptors (Lipinski definition) is 4. The standard InChI is InChI=1S/C6H14N4/c1-5(2)10-6-8-3-7-4-9-6/h3,5-6,9-10H,4H2,1-2H3,(H,7,8). The van der Waals surface area contributed by atoms with E-state index in [9.17, 15) is 0 Å². The third-order valence-corrected chi connectivity index (χ3v) is 1.22. The fourth-order valence-corrected chi connectivity index (χ4v) is 0.816. The van der Waals surface area contributed by atoms with Gasteiger partial charge in [-0.2, -0.15) is 0 Å². The van der Waals surface area contributed by atoms with Crippen LogP contribution < -0.4 is 16.0 Å². The summed E-state index contributed by atoms with van der Waals surface area (Å²) in [5.41, 5.74) is 0.